The second-order valence-electron chi connectivity index (χ2n) is 13.2. The quantitative estimate of drug-likeness (QED) is 0.0995. The van der Waals surface area contributed by atoms with Crippen LogP contribution in [-0.4, -0.2) is 60.1 Å². The van der Waals surface area contributed by atoms with Gasteiger partial charge in [-0.25, -0.2) is 0 Å². The summed E-state index contributed by atoms with van der Waals surface area (Å²) in [5, 5.41) is 22.2. The highest BCUT2D eigenvalue weighted by Crippen LogP contribution is 2.40. The molecule has 8 heteroatoms. The lowest BCUT2D eigenvalue weighted by molar-refractivity contribution is -0.280. The molecular formula is C44H47BrO7. The monoisotopic (exact) mass is 766 g/mol. The van der Waals surface area contributed by atoms with Crippen molar-refractivity contribution in [2.75, 3.05) is 13.2 Å². The van der Waals surface area contributed by atoms with Crippen molar-refractivity contribution in [3.8, 4) is 0 Å². The largest absolute Gasteiger partial charge is 0.394 e. The molecule has 1 unspecified atom stereocenters. The van der Waals surface area contributed by atoms with Crippen LogP contribution in [0, 0.1) is 6.92 Å². The maximum atomic E-state index is 11.6. The molecule has 1 fully saturated rings. The summed E-state index contributed by atoms with van der Waals surface area (Å²) in [5.41, 5.74) is 5.82. The van der Waals surface area contributed by atoms with Crippen molar-refractivity contribution in [1.82, 2.24) is 0 Å². The topological polar surface area (TPSA) is 86.6 Å². The molecular weight excluding hydrogens is 720 g/mol. The van der Waals surface area contributed by atoms with Gasteiger partial charge in [-0.2, -0.15) is 0 Å². The zero-order valence-corrected chi connectivity index (χ0v) is 31.0. The van der Waals surface area contributed by atoms with Gasteiger partial charge in [0.05, 0.1) is 51.8 Å². The predicted molar refractivity (Wildman–Crippen MR) is 205 cm³/mol. The second kappa shape index (κ2) is 19.4. The van der Waals surface area contributed by atoms with Gasteiger partial charge in [-0.05, 0) is 52.4 Å². The second-order valence-corrected chi connectivity index (χ2v) is 14.1. The lowest BCUT2D eigenvalue weighted by atomic mass is 9.79. The molecule has 272 valence electrons. The Morgan fingerprint density at radius 2 is 1.08 bits per heavy atom. The Hall–Kier alpha value is -3.70. The number of aliphatic hydroxyl groups is 2. The summed E-state index contributed by atoms with van der Waals surface area (Å²) >= 11 is 3.59. The fourth-order valence-corrected chi connectivity index (χ4v) is 7.32. The molecule has 2 N–H and O–H groups in total. The number of rotatable bonds is 17. The van der Waals surface area contributed by atoms with Crippen LogP contribution >= 0.6 is 15.9 Å². The molecule has 5 aromatic carbocycles. The lowest BCUT2D eigenvalue weighted by Crippen LogP contribution is -2.63. The molecule has 0 amide bonds. The van der Waals surface area contributed by atoms with Crippen molar-refractivity contribution in [2.24, 2.45) is 0 Å². The first kappa shape index (κ1) is 38.0. The Labute approximate surface area is 315 Å². The average Bonchev–Trinajstić information content (AvgIpc) is 3.18. The molecule has 0 saturated carbocycles. The summed E-state index contributed by atoms with van der Waals surface area (Å²) in [5.74, 6) is -0.673. The summed E-state index contributed by atoms with van der Waals surface area (Å²) in [7, 11) is 0. The van der Waals surface area contributed by atoms with Gasteiger partial charge >= 0.3 is 0 Å². The lowest BCUT2D eigenvalue weighted by Gasteiger charge is -2.49. The number of hydrogen-bond donors (Lipinski definition) is 2. The zero-order chi connectivity index (χ0) is 36.1. The van der Waals surface area contributed by atoms with Gasteiger partial charge in [0, 0.05) is 10.4 Å². The fraction of sp³-hybridized carbons (Fsp3) is 0.318. The summed E-state index contributed by atoms with van der Waals surface area (Å²) < 4.78 is 35.0. The Balaban J connectivity index is 1.42. The van der Waals surface area contributed by atoms with E-state index in [1.807, 2.05) is 146 Å². The van der Waals surface area contributed by atoms with Crippen LogP contribution in [0.5, 0.6) is 0 Å². The third-order valence-corrected chi connectivity index (χ3v) is 9.96. The van der Waals surface area contributed by atoms with Crippen LogP contribution in [0.1, 0.15) is 39.3 Å². The minimum absolute atomic E-state index is 0.197. The Morgan fingerprint density at radius 1 is 0.615 bits per heavy atom. The molecule has 7 nitrogen and oxygen atoms in total. The van der Waals surface area contributed by atoms with Gasteiger partial charge in [0.25, 0.3) is 0 Å². The van der Waals surface area contributed by atoms with Gasteiger partial charge in [0.1, 0.15) is 24.4 Å². The molecule has 0 radical (unpaired) electrons. The molecule has 0 spiro atoms. The molecule has 1 aliphatic heterocycles. The van der Waals surface area contributed by atoms with E-state index in [-0.39, 0.29) is 13.2 Å². The normalized spacial score (nSPS) is 21.4. The number of aliphatic hydroxyl groups excluding tert-OH is 2. The van der Waals surface area contributed by atoms with Crippen molar-refractivity contribution in [3.05, 3.63) is 177 Å². The minimum atomic E-state index is -1.16. The third kappa shape index (κ3) is 10.2. The highest BCUT2D eigenvalue weighted by atomic mass is 79.9. The van der Waals surface area contributed by atoms with E-state index < -0.39 is 49.1 Å². The van der Waals surface area contributed by atoms with E-state index in [0.717, 1.165) is 37.9 Å². The average molecular weight is 768 g/mol. The van der Waals surface area contributed by atoms with Crippen molar-refractivity contribution in [3.63, 3.8) is 0 Å². The van der Waals surface area contributed by atoms with Gasteiger partial charge < -0.3 is 33.9 Å². The molecule has 7 atom stereocenters. The molecule has 1 saturated heterocycles. The summed E-state index contributed by atoms with van der Waals surface area (Å²) in [6.07, 6.45) is -4.51. The van der Waals surface area contributed by atoms with Crippen molar-refractivity contribution in [2.45, 2.75) is 75.9 Å². The molecule has 0 aromatic heterocycles. The van der Waals surface area contributed by atoms with Crippen molar-refractivity contribution >= 4 is 15.9 Å². The first-order valence-corrected chi connectivity index (χ1v) is 18.6. The SMILES string of the molecule is Cc1cc(Br)ccc1C([C@H](O)CO)[C@H]1O[C@H](COCc2ccccc2)[C@@H](OCc2ccccc2)[C@H](OCc2ccccc2)[C@@H]1OCc1ccccc1. The molecule has 5 aromatic rings. The number of halogens is 1. The van der Waals surface area contributed by atoms with Crippen LogP contribution in [0.25, 0.3) is 0 Å². The molecule has 1 heterocycles. The third-order valence-electron chi connectivity index (χ3n) is 9.47. The van der Waals surface area contributed by atoms with Crippen LogP contribution in [0.4, 0.5) is 0 Å². The van der Waals surface area contributed by atoms with E-state index >= 15 is 0 Å². The number of benzene rings is 5. The predicted octanol–water partition coefficient (Wildman–Crippen LogP) is 7.93. The van der Waals surface area contributed by atoms with E-state index in [9.17, 15) is 10.2 Å². The fourth-order valence-electron chi connectivity index (χ4n) is 6.84. The van der Waals surface area contributed by atoms with E-state index in [2.05, 4.69) is 15.9 Å². The van der Waals surface area contributed by atoms with Crippen LogP contribution in [0.3, 0.4) is 0 Å². The standard InChI is InChI=1S/C44H47BrO7/c1-31-24-36(45)22-23-37(31)40(38(47)25-46)42-44(51-29-35-20-12-5-13-21-35)43(50-28-34-18-10-4-11-19-34)41(49-27-33-16-8-3-9-17-33)39(52-42)30-48-26-32-14-6-2-7-15-32/h2-24,38-44,46-47H,25-30H2,1H3/t38-,39-,40?,41-,42-,43+,44-/m1/s1. The maximum Gasteiger partial charge on any atom is 0.115 e. The summed E-state index contributed by atoms with van der Waals surface area (Å²) in [4.78, 5) is 0. The highest BCUT2D eigenvalue weighted by molar-refractivity contribution is 9.10. The van der Waals surface area contributed by atoms with Crippen LogP contribution in [-0.2, 0) is 50.1 Å². The van der Waals surface area contributed by atoms with Crippen molar-refractivity contribution < 1.29 is 33.9 Å². The highest BCUT2D eigenvalue weighted by Gasteiger charge is 2.52. The Kier molecular flexibility index (Phi) is 14.2. The summed E-state index contributed by atoms with van der Waals surface area (Å²) in [6, 6.07) is 45.9. The maximum absolute atomic E-state index is 11.6. The smallest absolute Gasteiger partial charge is 0.115 e. The van der Waals surface area contributed by atoms with E-state index in [4.69, 9.17) is 23.7 Å². The first-order valence-electron chi connectivity index (χ1n) is 17.8. The number of ether oxygens (including phenoxy) is 5. The van der Waals surface area contributed by atoms with Gasteiger partial charge in [0.15, 0.2) is 0 Å². The minimum Gasteiger partial charge on any atom is -0.394 e. The molecule has 0 aliphatic carbocycles. The zero-order valence-electron chi connectivity index (χ0n) is 29.4. The number of aryl methyl sites for hydroxylation is 1. The Bertz CT molecular complexity index is 1760. The van der Waals surface area contributed by atoms with E-state index in [1.54, 1.807) is 0 Å². The molecule has 0 bridgehead atoms. The number of hydrogen-bond acceptors (Lipinski definition) is 7. The van der Waals surface area contributed by atoms with Crippen LogP contribution < -0.4 is 0 Å². The van der Waals surface area contributed by atoms with Crippen LogP contribution in [0.15, 0.2) is 144 Å². The first-order chi connectivity index (χ1) is 25.5. The van der Waals surface area contributed by atoms with Gasteiger partial charge in [0.2, 0.25) is 0 Å². The Morgan fingerprint density at radius 3 is 1.56 bits per heavy atom. The van der Waals surface area contributed by atoms with Gasteiger partial charge in [-0.3, -0.25) is 0 Å². The van der Waals surface area contributed by atoms with E-state index in [1.165, 1.54) is 0 Å². The van der Waals surface area contributed by atoms with E-state index in [0.29, 0.717) is 19.8 Å². The molecule has 1 aliphatic rings. The molecule has 52 heavy (non-hydrogen) atoms. The van der Waals surface area contributed by atoms with Crippen molar-refractivity contribution in [1.29, 1.82) is 0 Å². The van der Waals surface area contributed by atoms with Crippen LogP contribution in [0.2, 0.25) is 0 Å². The molecule has 6 rings (SSSR count). The summed E-state index contributed by atoms with van der Waals surface area (Å²) in [6.45, 7) is 3.01. The van der Waals surface area contributed by atoms with Gasteiger partial charge in [-0.15, -0.1) is 0 Å². The van der Waals surface area contributed by atoms with Gasteiger partial charge in [-0.1, -0.05) is 143 Å².